The molecule has 0 bridgehead atoms. The Morgan fingerprint density at radius 1 is 1.27 bits per heavy atom. The Kier molecular flexibility index (Phi) is 3.20. The second-order valence-electron chi connectivity index (χ2n) is 3.69. The third-order valence-electron chi connectivity index (χ3n) is 2.51. The normalized spacial score (nSPS) is 16.9. The van der Waals surface area contributed by atoms with Crippen molar-refractivity contribution in [3.05, 3.63) is 5.82 Å². The lowest BCUT2D eigenvalue weighted by molar-refractivity contribution is 0.740. The Morgan fingerprint density at radius 3 is 2.67 bits per heavy atom. The Bertz CT molecular complexity index is 337. The van der Waals surface area contributed by atoms with E-state index in [9.17, 15) is 0 Å². The maximum atomic E-state index is 5.65. The van der Waals surface area contributed by atoms with E-state index in [4.69, 9.17) is 17.3 Å². The van der Waals surface area contributed by atoms with Gasteiger partial charge >= 0.3 is 0 Å². The van der Waals surface area contributed by atoms with Crippen molar-refractivity contribution in [2.75, 3.05) is 11.1 Å². The molecular weight excluding hydrogens is 214 g/mol. The summed E-state index contributed by atoms with van der Waals surface area (Å²) in [5, 5.41) is 3.26. The summed E-state index contributed by atoms with van der Waals surface area (Å²) >= 11 is 5.65. The molecule has 0 aliphatic heterocycles. The molecule has 0 spiro atoms. The fourth-order valence-electron chi connectivity index (χ4n) is 1.82. The average molecular weight is 228 g/mol. The molecule has 0 atom stereocenters. The fourth-order valence-corrected chi connectivity index (χ4v) is 1.93. The number of aromatic nitrogens is 3. The van der Waals surface area contributed by atoms with Gasteiger partial charge in [-0.15, -0.1) is 11.6 Å². The molecule has 0 radical (unpaired) electrons. The minimum Gasteiger partial charge on any atom is -0.368 e. The van der Waals surface area contributed by atoms with Gasteiger partial charge in [-0.25, -0.2) is 0 Å². The molecule has 15 heavy (non-hydrogen) atoms. The van der Waals surface area contributed by atoms with E-state index in [2.05, 4.69) is 20.3 Å². The van der Waals surface area contributed by atoms with Crippen molar-refractivity contribution >= 4 is 23.5 Å². The number of hydrogen-bond donors (Lipinski definition) is 2. The number of nitrogen functional groups attached to an aromatic ring is 1. The number of nitrogens with one attached hydrogen (secondary N) is 1. The standard InChI is InChI=1S/C9H14ClN5/c10-5-7-13-8(11)15-9(14-7)12-6-3-1-2-4-6/h6H,1-5H2,(H3,11,12,13,14,15). The van der Waals surface area contributed by atoms with Crippen LogP contribution in [-0.2, 0) is 5.88 Å². The van der Waals surface area contributed by atoms with Crippen molar-refractivity contribution in [2.45, 2.75) is 37.6 Å². The second kappa shape index (κ2) is 4.61. The van der Waals surface area contributed by atoms with Crippen molar-refractivity contribution in [3.8, 4) is 0 Å². The van der Waals surface area contributed by atoms with Crippen molar-refractivity contribution in [1.29, 1.82) is 0 Å². The van der Waals surface area contributed by atoms with E-state index in [0.717, 1.165) is 0 Å². The molecule has 6 heteroatoms. The first-order chi connectivity index (χ1) is 7.28. The van der Waals surface area contributed by atoms with Gasteiger partial charge in [-0.2, -0.15) is 15.0 Å². The quantitative estimate of drug-likeness (QED) is 0.767. The number of anilines is 2. The maximum absolute atomic E-state index is 5.65. The summed E-state index contributed by atoms with van der Waals surface area (Å²) in [6, 6.07) is 0.468. The highest BCUT2D eigenvalue weighted by Gasteiger charge is 2.16. The van der Waals surface area contributed by atoms with Gasteiger partial charge < -0.3 is 11.1 Å². The maximum Gasteiger partial charge on any atom is 0.227 e. The molecule has 0 saturated heterocycles. The zero-order valence-electron chi connectivity index (χ0n) is 8.41. The van der Waals surface area contributed by atoms with Gasteiger partial charge in [0.2, 0.25) is 11.9 Å². The van der Waals surface area contributed by atoms with Gasteiger partial charge in [0.25, 0.3) is 0 Å². The van der Waals surface area contributed by atoms with Gasteiger partial charge in [0.1, 0.15) is 0 Å². The van der Waals surface area contributed by atoms with Crippen LogP contribution >= 0.6 is 11.6 Å². The highest BCUT2D eigenvalue weighted by atomic mass is 35.5. The van der Waals surface area contributed by atoms with Gasteiger partial charge in [-0.3, -0.25) is 0 Å². The lowest BCUT2D eigenvalue weighted by Gasteiger charge is -2.11. The minimum absolute atomic E-state index is 0.223. The Hall–Kier alpha value is -1.10. The lowest BCUT2D eigenvalue weighted by atomic mass is 10.3. The molecule has 1 aromatic rings. The smallest absolute Gasteiger partial charge is 0.227 e. The molecule has 1 aliphatic carbocycles. The van der Waals surface area contributed by atoms with Crippen LogP contribution in [0, 0.1) is 0 Å². The lowest BCUT2D eigenvalue weighted by Crippen LogP contribution is -2.18. The predicted octanol–water partition coefficient (Wildman–Crippen LogP) is 1.55. The first kappa shape index (κ1) is 10.4. The summed E-state index contributed by atoms with van der Waals surface area (Å²) in [5.41, 5.74) is 5.55. The summed E-state index contributed by atoms with van der Waals surface area (Å²) < 4.78 is 0. The highest BCUT2D eigenvalue weighted by Crippen LogP contribution is 2.20. The largest absolute Gasteiger partial charge is 0.368 e. The van der Waals surface area contributed by atoms with Crippen molar-refractivity contribution in [3.63, 3.8) is 0 Å². The molecular formula is C9H14ClN5. The SMILES string of the molecule is Nc1nc(CCl)nc(NC2CCCC2)n1. The summed E-state index contributed by atoms with van der Waals surface area (Å²) in [4.78, 5) is 12.1. The molecule has 1 fully saturated rings. The van der Waals surface area contributed by atoms with Crippen LogP contribution in [0.2, 0.25) is 0 Å². The molecule has 1 saturated carbocycles. The van der Waals surface area contributed by atoms with Crippen LogP contribution in [0.25, 0.3) is 0 Å². The van der Waals surface area contributed by atoms with Crippen LogP contribution in [0.3, 0.4) is 0 Å². The second-order valence-corrected chi connectivity index (χ2v) is 3.96. The monoisotopic (exact) mass is 227 g/mol. The average Bonchev–Trinajstić information content (AvgIpc) is 2.69. The molecule has 1 aromatic heterocycles. The molecule has 5 nitrogen and oxygen atoms in total. The first-order valence-electron chi connectivity index (χ1n) is 5.11. The Morgan fingerprint density at radius 2 is 2.00 bits per heavy atom. The summed E-state index contributed by atoms with van der Waals surface area (Å²) in [7, 11) is 0. The molecule has 0 unspecified atom stereocenters. The molecule has 1 heterocycles. The van der Waals surface area contributed by atoms with E-state index in [0.29, 0.717) is 17.8 Å². The van der Waals surface area contributed by atoms with E-state index in [1.165, 1.54) is 25.7 Å². The van der Waals surface area contributed by atoms with Gasteiger partial charge in [-0.05, 0) is 12.8 Å². The van der Waals surface area contributed by atoms with E-state index < -0.39 is 0 Å². The number of hydrogen-bond acceptors (Lipinski definition) is 5. The number of nitrogens with zero attached hydrogens (tertiary/aromatic N) is 3. The highest BCUT2D eigenvalue weighted by molar-refractivity contribution is 6.16. The van der Waals surface area contributed by atoms with E-state index in [-0.39, 0.29) is 11.8 Å². The number of halogens is 1. The zero-order valence-corrected chi connectivity index (χ0v) is 9.17. The van der Waals surface area contributed by atoms with E-state index in [1.807, 2.05) is 0 Å². The number of alkyl halides is 1. The van der Waals surface area contributed by atoms with Crippen molar-refractivity contribution in [1.82, 2.24) is 15.0 Å². The van der Waals surface area contributed by atoms with Crippen LogP contribution in [0.1, 0.15) is 31.5 Å². The third-order valence-corrected chi connectivity index (χ3v) is 2.75. The summed E-state index contributed by atoms with van der Waals surface area (Å²) in [6.45, 7) is 0. The van der Waals surface area contributed by atoms with Crippen LogP contribution < -0.4 is 11.1 Å². The summed E-state index contributed by atoms with van der Waals surface area (Å²) in [5.74, 6) is 1.54. The number of nitrogens with two attached hydrogens (primary N) is 1. The predicted molar refractivity (Wildman–Crippen MR) is 59.7 cm³/mol. The van der Waals surface area contributed by atoms with Crippen LogP contribution in [0.15, 0.2) is 0 Å². The molecule has 0 aromatic carbocycles. The molecule has 3 N–H and O–H groups in total. The van der Waals surface area contributed by atoms with Crippen molar-refractivity contribution < 1.29 is 0 Å². The minimum atomic E-state index is 0.223. The fraction of sp³-hybridized carbons (Fsp3) is 0.667. The topological polar surface area (TPSA) is 76.7 Å². The Balaban J connectivity index is 2.09. The van der Waals surface area contributed by atoms with Crippen LogP contribution in [-0.4, -0.2) is 21.0 Å². The van der Waals surface area contributed by atoms with Gasteiger partial charge in [0.05, 0.1) is 5.88 Å². The van der Waals surface area contributed by atoms with Gasteiger partial charge in [0.15, 0.2) is 5.82 Å². The third kappa shape index (κ3) is 2.68. The van der Waals surface area contributed by atoms with Crippen LogP contribution in [0.4, 0.5) is 11.9 Å². The number of rotatable bonds is 3. The molecule has 82 valence electrons. The molecule has 2 rings (SSSR count). The summed E-state index contributed by atoms with van der Waals surface area (Å²) in [6.07, 6.45) is 4.87. The van der Waals surface area contributed by atoms with E-state index in [1.54, 1.807) is 0 Å². The van der Waals surface area contributed by atoms with Crippen LogP contribution in [0.5, 0.6) is 0 Å². The van der Waals surface area contributed by atoms with E-state index >= 15 is 0 Å². The van der Waals surface area contributed by atoms with Crippen molar-refractivity contribution in [2.24, 2.45) is 0 Å². The molecule has 1 aliphatic rings. The van der Waals surface area contributed by atoms with Gasteiger partial charge in [-0.1, -0.05) is 12.8 Å². The first-order valence-corrected chi connectivity index (χ1v) is 5.64. The van der Waals surface area contributed by atoms with Gasteiger partial charge in [0, 0.05) is 6.04 Å². The molecule has 0 amide bonds. The Labute approximate surface area is 93.5 Å². The zero-order chi connectivity index (χ0) is 10.7.